The van der Waals surface area contributed by atoms with Crippen LogP contribution in [0.5, 0.6) is 11.5 Å². The van der Waals surface area contributed by atoms with E-state index in [1.54, 1.807) is 0 Å². The Labute approximate surface area is 178 Å². The first-order chi connectivity index (χ1) is 13.7. The van der Waals surface area contributed by atoms with E-state index in [9.17, 15) is 0 Å². The van der Waals surface area contributed by atoms with E-state index < -0.39 is 0 Å². The Kier molecular flexibility index (Phi) is 8.32. The summed E-state index contributed by atoms with van der Waals surface area (Å²) in [6.45, 7) is 3.65. The monoisotopic (exact) mass is 421 g/mol. The van der Waals surface area contributed by atoms with Crippen LogP contribution in [0.1, 0.15) is 56.6 Å². The predicted molar refractivity (Wildman–Crippen MR) is 117 cm³/mol. The van der Waals surface area contributed by atoms with Gasteiger partial charge in [0.1, 0.15) is 6.61 Å². The third kappa shape index (κ3) is 6.04. The fourth-order valence-corrected chi connectivity index (χ4v) is 4.12. The smallest absolute Gasteiger partial charge is 0.180 e. The van der Waals surface area contributed by atoms with Crippen molar-refractivity contribution in [2.24, 2.45) is 0 Å². The Morgan fingerprint density at radius 2 is 1.71 bits per heavy atom. The molecule has 3 rings (SSSR count). The molecule has 0 bridgehead atoms. The zero-order chi connectivity index (χ0) is 19.8. The molecule has 1 aliphatic rings. The highest BCUT2D eigenvalue weighted by Crippen LogP contribution is 2.37. The fourth-order valence-electron chi connectivity index (χ4n) is 3.64. The number of hydrogen-bond acceptors (Lipinski definition) is 3. The second kappa shape index (κ2) is 10.9. The van der Waals surface area contributed by atoms with Crippen LogP contribution >= 0.6 is 23.2 Å². The second-order valence-corrected chi connectivity index (χ2v) is 8.10. The quantitative estimate of drug-likeness (QED) is 0.476. The van der Waals surface area contributed by atoms with Gasteiger partial charge in [-0.25, -0.2) is 0 Å². The van der Waals surface area contributed by atoms with Crippen molar-refractivity contribution >= 4 is 23.2 Å². The average molecular weight is 422 g/mol. The molecule has 1 saturated carbocycles. The molecule has 5 heteroatoms. The van der Waals surface area contributed by atoms with Crippen LogP contribution in [0.15, 0.2) is 36.4 Å². The largest absolute Gasteiger partial charge is 0.490 e. The Morgan fingerprint density at radius 3 is 2.43 bits per heavy atom. The van der Waals surface area contributed by atoms with Crippen LogP contribution in [-0.2, 0) is 13.2 Å². The predicted octanol–water partition coefficient (Wildman–Crippen LogP) is 6.78. The van der Waals surface area contributed by atoms with Gasteiger partial charge < -0.3 is 14.8 Å². The summed E-state index contributed by atoms with van der Waals surface area (Å²) in [5.41, 5.74) is 2.03. The van der Waals surface area contributed by atoms with E-state index in [2.05, 4.69) is 5.32 Å². The van der Waals surface area contributed by atoms with Crippen LogP contribution in [0.2, 0.25) is 10.0 Å². The third-order valence-corrected chi connectivity index (χ3v) is 5.80. The maximum absolute atomic E-state index is 6.56. The van der Waals surface area contributed by atoms with E-state index in [1.165, 1.54) is 38.5 Å². The number of nitrogens with one attached hydrogen (secondary N) is 1. The molecular weight excluding hydrogens is 393 g/mol. The number of halogens is 2. The number of benzene rings is 2. The van der Waals surface area contributed by atoms with E-state index in [-0.39, 0.29) is 0 Å². The minimum absolute atomic E-state index is 0.346. The van der Waals surface area contributed by atoms with Crippen molar-refractivity contribution in [3.63, 3.8) is 0 Å². The summed E-state index contributed by atoms with van der Waals surface area (Å²) < 4.78 is 11.8. The highest BCUT2D eigenvalue weighted by atomic mass is 35.5. The molecule has 0 spiro atoms. The topological polar surface area (TPSA) is 30.5 Å². The molecule has 0 radical (unpaired) electrons. The fraction of sp³-hybridized carbons (Fsp3) is 0.478. The van der Waals surface area contributed by atoms with Crippen LogP contribution in [0.3, 0.4) is 0 Å². The third-order valence-electron chi connectivity index (χ3n) is 5.15. The lowest BCUT2D eigenvalue weighted by Gasteiger charge is -2.19. The normalized spacial score (nSPS) is 15.2. The van der Waals surface area contributed by atoms with Crippen LogP contribution in [0.25, 0.3) is 0 Å². The van der Waals surface area contributed by atoms with Gasteiger partial charge in [-0.2, -0.15) is 0 Å². The second-order valence-electron chi connectivity index (χ2n) is 7.29. The minimum Gasteiger partial charge on any atom is -0.490 e. The van der Waals surface area contributed by atoms with Gasteiger partial charge in [-0.05, 0) is 43.5 Å². The lowest BCUT2D eigenvalue weighted by atomic mass is 10.1. The molecule has 0 saturated heterocycles. The van der Waals surface area contributed by atoms with Crippen molar-refractivity contribution < 1.29 is 9.47 Å². The summed E-state index contributed by atoms with van der Waals surface area (Å²) >= 11 is 12.8. The molecule has 1 fully saturated rings. The van der Waals surface area contributed by atoms with Crippen LogP contribution in [-0.4, -0.2) is 12.6 Å². The molecule has 2 aromatic carbocycles. The molecule has 1 N–H and O–H groups in total. The first-order valence-corrected chi connectivity index (χ1v) is 11.0. The molecule has 152 valence electrons. The van der Waals surface area contributed by atoms with Gasteiger partial charge in [-0.1, -0.05) is 67.1 Å². The highest BCUT2D eigenvalue weighted by Gasteiger charge is 2.16. The molecular formula is C23H29Cl2NO2. The standard InChI is InChI=1S/C23H29Cl2NO2/c1-2-27-22-14-17(15-26-19-10-5-3-4-6-11-19)13-21(25)23(22)28-16-18-9-7-8-12-20(18)24/h7-9,12-14,19,26H,2-6,10-11,15-16H2,1H3. The van der Waals surface area contributed by atoms with Crippen molar-refractivity contribution in [3.05, 3.63) is 57.6 Å². The SMILES string of the molecule is CCOc1cc(CNC2CCCCCC2)cc(Cl)c1OCc1ccccc1Cl. The lowest BCUT2D eigenvalue weighted by Crippen LogP contribution is -2.27. The Balaban J connectivity index is 1.69. The number of rotatable bonds is 8. The summed E-state index contributed by atoms with van der Waals surface area (Å²) in [5, 5.41) is 4.93. The van der Waals surface area contributed by atoms with E-state index in [4.69, 9.17) is 32.7 Å². The molecule has 0 heterocycles. The van der Waals surface area contributed by atoms with E-state index in [0.29, 0.717) is 40.8 Å². The summed E-state index contributed by atoms with van der Waals surface area (Å²) in [4.78, 5) is 0. The molecule has 1 aliphatic carbocycles. The highest BCUT2D eigenvalue weighted by molar-refractivity contribution is 6.32. The molecule has 0 atom stereocenters. The first-order valence-electron chi connectivity index (χ1n) is 10.2. The van der Waals surface area contributed by atoms with Gasteiger partial charge in [0.2, 0.25) is 0 Å². The van der Waals surface area contributed by atoms with E-state index >= 15 is 0 Å². The van der Waals surface area contributed by atoms with Crippen molar-refractivity contribution in [2.45, 2.75) is 64.6 Å². The van der Waals surface area contributed by atoms with E-state index in [0.717, 1.165) is 17.7 Å². The molecule has 0 unspecified atom stereocenters. The van der Waals surface area contributed by atoms with Crippen LogP contribution in [0, 0.1) is 0 Å². The summed E-state index contributed by atoms with van der Waals surface area (Å²) in [6, 6.07) is 12.2. The van der Waals surface area contributed by atoms with Gasteiger partial charge in [0.05, 0.1) is 11.6 Å². The molecule has 2 aromatic rings. The van der Waals surface area contributed by atoms with Crippen molar-refractivity contribution in [3.8, 4) is 11.5 Å². The van der Waals surface area contributed by atoms with Gasteiger partial charge in [-0.3, -0.25) is 0 Å². The zero-order valence-corrected chi connectivity index (χ0v) is 18.0. The summed E-state index contributed by atoms with van der Waals surface area (Å²) in [7, 11) is 0. The Morgan fingerprint density at radius 1 is 0.964 bits per heavy atom. The van der Waals surface area contributed by atoms with Gasteiger partial charge >= 0.3 is 0 Å². The summed E-state index contributed by atoms with van der Waals surface area (Å²) in [5.74, 6) is 1.25. The van der Waals surface area contributed by atoms with Crippen LogP contribution < -0.4 is 14.8 Å². The van der Waals surface area contributed by atoms with Crippen molar-refractivity contribution in [2.75, 3.05) is 6.61 Å². The number of hydrogen-bond donors (Lipinski definition) is 1. The Hall–Kier alpha value is -1.42. The first kappa shape index (κ1) is 21.3. The van der Waals surface area contributed by atoms with Crippen molar-refractivity contribution in [1.82, 2.24) is 5.32 Å². The van der Waals surface area contributed by atoms with Gasteiger partial charge in [-0.15, -0.1) is 0 Å². The van der Waals surface area contributed by atoms with Gasteiger partial charge in [0.15, 0.2) is 11.5 Å². The van der Waals surface area contributed by atoms with Crippen LogP contribution in [0.4, 0.5) is 0 Å². The summed E-state index contributed by atoms with van der Waals surface area (Å²) in [6.07, 6.45) is 7.86. The molecule has 28 heavy (non-hydrogen) atoms. The maximum atomic E-state index is 6.56. The Bertz CT molecular complexity index is 758. The minimum atomic E-state index is 0.346. The molecule has 0 aromatic heterocycles. The van der Waals surface area contributed by atoms with Gasteiger partial charge in [0.25, 0.3) is 0 Å². The maximum Gasteiger partial charge on any atom is 0.180 e. The zero-order valence-electron chi connectivity index (χ0n) is 16.5. The number of ether oxygens (including phenoxy) is 2. The van der Waals surface area contributed by atoms with Gasteiger partial charge in [0, 0.05) is 23.2 Å². The lowest BCUT2D eigenvalue weighted by molar-refractivity contribution is 0.269. The molecule has 0 aliphatic heterocycles. The molecule has 3 nitrogen and oxygen atoms in total. The van der Waals surface area contributed by atoms with Crippen molar-refractivity contribution in [1.29, 1.82) is 0 Å². The average Bonchev–Trinajstić information content (AvgIpc) is 2.96. The molecule has 0 amide bonds. The van der Waals surface area contributed by atoms with E-state index in [1.807, 2.05) is 43.3 Å².